The first-order chi connectivity index (χ1) is 14.6. The van der Waals surface area contributed by atoms with Crippen molar-refractivity contribution in [3.63, 3.8) is 0 Å². The number of aryl methyl sites for hydroxylation is 1. The van der Waals surface area contributed by atoms with Crippen LogP contribution in [0.5, 0.6) is 0 Å². The molecule has 1 amide bonds. The second-order valence-electron chi connectivity index (χ2n) is 7.36. The molecule has 31 heavy (non-hydrogen) atoms. The molecule has 0 saturated carbocycles. The van der Waals surface area contributed by atoms with E-state index in [0.29, 0.717) is 24.6 Å². The van der Waals surface area contributed by atoms with Gasteiger partial charge in [-0.15, -0.1) is 34.2 Å². The van der Waals surface area contributed by atoms with E-state index in [1.165, 1.54) is 0 Å². The number of halogens is 1. The van der Waals surface area contributed by atoms with Gasteiger partial charge in [0.1, 0.15) is 12.4 Å². The van der Waals surface area contributed by atoms with Crippen molar-refractivity contribution in [1.29, 1.82) is 0 Å². The van der Waals surface area contributed by atoms with Crippen LogP contribution in [0, 0.1) is 6.92 Å². The minimum absolute atomic E-state index is 0. The minimum Gasteiger partial charge on any atom is -0.376 e. The van der Waals surface area contributed by atoms with Gasteiger partial charge in [-0.2, -0.15) is 0 Å². The first-order valence-corrected chi connectivity index (χ1v) is 10.4. The molecule has 1 atom stereocenters. The maximum atomic E-state index is 11.8. The van der Waals surface area contributed by atoms with Crippen molar-refractivity contribution in [2.24, 2.45) is 12.0 Å². The summed E-state index contributed by atoms with van der Waals surface area (Å²) in [6.45, 7) is 4.58. The van der Waals surface area contributed by atoms with Crippen molar-refractivity contribution < 1.29 is 9.53 Å². The molecular formula is C21H32IN7O2. The molecule has 9 nitrogen and oxygen atoms in total. The molecule has 2 aromatic rings. The number of rotatable bonds is 8. The van der Waals surface area contributed by atoms with Crippen molar-refractivity contribution >= 4 is 35.8 Å². The average Bonchev–Trinajstić information content (AvgIpc) is 3.40. The summed E-state index contributed by atoms with van der Waals surface area (Å²) in [6, 6.07) is 7.65. The lowest BCUT2D eigenvalue weighted by molar-refractivity contribution is 0.0963. The number of ether oxygens (including phenoxy) is 1. The number of guanidine groups is 1. The van der Waals surface area contributed by atoms with E-state index < -0.39 is 0 Å². The van der Waals surface area contributed by atoms with Crippen LogP contribution in [0.1, 0.15) is 40.4 Å². The Labute approximate surface area is 200 Å². The van der Waals surface area contributed by atoms with Gasteiger partial charge in [0.05, 0.1) is 6.10 Å². The predicted octanol–water partition coefficient (Wildman–Crippen LogP) is 1.56. The Morgan fingerprint density at radius 1 is 1.32 bits per heavy atom. The molecule has 1 aromatic heterocycles. The predicted molar refractivity (Wildman–Crippen MR) is 131 cm³/mol. The Bertz CT molecular complexity index is 878. The number of benzene rings is 1. The molecule has 0 radical (unpaired) electrons. The van der Waals surface area contributed by atoms with E-state index in [1.54, 1.807) is 7.05 Å². The van der Waals surface area contributed by atoms with Gasteiger partial charge in [-0.1, -0.05) is 12.1 Å². The monoisotopic (exact) mass is 541 g/mol. The summed E-state index contributed by atoms with van der Waals surface area (Å²) >= 11 is 0. The molecule has 1 aliphatic rings. The highest BCUT2D eigenvalue weighted by molar-refractivity contribution is 14.0. The topological polar surface area (TPSA) is 105 Å². The number of hydrogen-bond acceptors (Lipinski definition) is 5. The molecule has 3 N–H and O–H groups in total. The van der Waals surface area contributed by atoms with Gasteiger partial charge in [-0.05, 0) is 43.9 Å². The van der Waals surface area contributed by atoms with E-state index in [1.807, 2.05) is 42.8 Å². The van der Waals surface area contributed by atoms with E-state index in [0.717, 1.165) is 49.6 Å². The normalized spacial score (nSPS) is 16.0. The number of aromatic nitrogens is 3. The number of aliphatic imine (C=N–C) groups is 1. The molecule has 0 spiro atoms. The largest absolute Gasteiger partial charge is 0.376 e. The van der Waals surface area contributed by atoms with Crippen LogP contribution in [0.25, 0.3) is 0 Å². The number of nitrogens with zero attached hydrogens (tertiary/aromatic N) is 4. The summed E-state index contributed by atoms with van der Waals surface area (Å²) in [6.07, 6.45) is 3.16. The van der Waals surface area contributed by atoms with E-state index in [4.69, 9.17) is 4.74 Å². The van der Waals surface area contributed by atoms with Gasteiger partial charge in [0, 0.05) is 39.4 Å². The molecule has 1 aliphatic heterocycles. The summed E-state index contributed by atoms with van der Waals surface area (Å²) in [5.41, 5.74) is 1.75. The SMILES string of the molecule is CNC(=O)c1cccc(CCNC(=NCc2nnc(C)n2C)NCC2CCCO2)c1.I. The minimum atomic E-state index is -0.0794. The van der Waals surface area contributed by atoms with Crippen LogP contribution in [0.2, 0.25) is 0 Å². The van der Waals surface area contributed by atoms with Crippen molar-refractivity contribution in [3.05, 3.63) is 47.0 Å². The molecule has 1 aromatic carbocycles. The molecule has 170 valence electrons. The molecule has 2 heterocycles. The first-order valence-electron chi connectivity index (χ1n) is 10.4. The zero-order valence-corrected chi connectivity index (χ0v) is 20.7. The van der Waals surface area contributed by atoms with Gasteiger partial charge in [0.25, 0.3) is 5.91 Å². The second kappa shape index (κ2) is 12.6. The molecule has 3 rings (SSSR count). The van der Waals surface area contributed by atoms with Crippen molar-refractivity contribution in [2.45, 2.75) is 38.8 Å². The number of hydrogen-bond donors (Lipinski definition) is 3. The molecular weight excluding hydrogens is 509 g/mol. The maximum absolute atomic E-state index is 11.8. The van der Waals surface area contributed by atoms with Crippen LogP contribution in [-0.4, -0.2) is 59.5 Å². The Hall–Kier alpha value is -2.21. The van der Waals surface area contributed by atoms with Crippen LogP contribution in [0.3, 0.4) is 0 Å². The Kier molecular flexibility index (Phi) is 10.2. The van der Waals surface area contributed by atoms with Crippen LogP contribution in [0.4, 0.5) is 0 Å². The Balaban J connectivity index is 0.00000341. The highest BCUT2D eigenvalue weighted by Crippen LogP contribution is 2.10. The third-order valence-corrected chi connectivity index (χ3v) is 5.20. The summed E-state index contributed by atoms with van der Waals surface area (Å²) in [7, 11) is 3.57. The summed E-state index contributed by atoms with van der Waals surface area (Å²) in [4.78, 5) is 16.5. The fraction of sp³-hybridized carbons (Fsp3) is 0.524. The van der Waals surface area contributed by atoms with Crippen LogP contribution < -0.4 is 16.0 Å². The van der Waals surface area contributed by atoms with E-state index in [-0.39, 0.29) is 36.0 Å². The van der Waals surface area contributed by atoms with Gasteiger partial charge >= 0.3 is 0 Å². The number of carbonyl (C=O) groups is 1. The average molecular weight is 541 g/mol. The molecule has 0 aliphatic carbocycles. The van der Waals surface area contributed by atoms with Gasteiger partial charge in [0.2, 0.25) is 0 Å². The zero-order chi connectivity index (χ0) is 21.3. The number of nitrogens with one attached hydrogen (secondary N) is 3. The fourth-order valence-corrected chi connectivity index (χ4v) is 3.27. The summed E-state index contributed by atoms with van der Waals surface area (Å²) < 4.78 is 7.63. The molecule has 0 bridgehead atoms. The van der Waals surface area contributed by atoms with E-state index in [9.17, 15) is 4.79 Å². The summed E-state index contributed by atoms with van der Waals surface area (Å²) in [5.74, 6) is 2.31. The quantitative estimate of drug-likeness (QED) is 0.266. The van der Waals surface area contributed by atoms with Gasteiger partial charge in [-0.25, -0.2) is 4.99 Å². The van der Waals surface area contributed by atoms with Crippen molar-refractivity contribution in [3.8, 4) is 0 Å². The van der Waals surface area contributed by atoms with Crippen LogP contribution >= 0.6 is 24.0 Å². The first kappa shape index (κ1) is 25.1. The van der Waals surface area contributed by atoms with E-state index >= 15 is 0 Å². The lowest BCUT2D eigenvalue weighted by Gasteiger charge is -2.16. The highest BCUT2D eigenvalue weighted by atomic mass is 127. The smallest absolute Gasteiger partial charge is 0.251 e. The summed E-state index contributed by atoms with van der Waals surface area (Å²) in [5, 5.41) is 17.7. The number of carbonyl (C=O) groups excluding carboxylic acids is 1. The third-order valence-electron chi connectivity index (χ3n) is 5.20. The van der Waals surface area contributed by atoms with Crippen LogP contribution in [-0.2, 0) is 24.8 Å². The molecule has 1 unspecified atom stereocenters. The number of amides is 1. The second-order valence-corrected chi connectivity index (χ2v) is 7.36. The Morgan fingerprint density at radius 3 is 2.84 bits per heavy atom. The highest BCUT2D eigenvalue weighted by Gasteiger charge is 2.16. The maximum Gasteiger partial charge on any atom is 0.251 e. The van der Waals surface area contributed by atoms with Crippen LogP contribution in [0.15, 0.2) is 29.3 Å². The Morgan fingerprint density at radius 2 is 2.16 bits per heavy atom. The third kappa shape index (κ3) is 7.46. The van der Waals surface area contributed by atoms with Gasteiger partial charge in [0.15, 0.2) is 11.8 Å². The lowest BCUT2D eigenvalue weighted by Crippen LogP contribution is -2.42. The van der Waals surface area contributed by atoms with E-state index in [2.05, 4.69) is 31.1 Å². The standard InChI is InChI=1S/C21H31N7O2.HI/c1-15-26-27-19(28(15)3)14-25-21(24-13-18-8-5-11-30-18)23-10-9-16-6-4-7-17(12-16)20(29)22-2;/h4,6-7,12,18H,5,8-11,13-14H2,1-3H3,(H,22,29)(H2,23,24,25);1H. The lowest BCUT2D eigenvalue weighted by atomic mass is 10.1. The van der Waals surface area contributed by atoms with Crippen molar-refractivity contribution in [1.82, 2.24) is 30.7 Å². The fourth-order valence-electron chi connectivity index (χ4n) is 3.27. The van der Waals surface area contributed by atoms with Crippen molar-refractivity contribution in [2.75, 3.05) is 26.7 Å². The molecule has 10 heteroatoms. The zero-order valence-electron chi connectivity index (χ0n) is 18.4. The molecule has 1 saturated heterocycles. The molecule has 1 fully saturated rings. The van der Waals surface area contributed by atoms with Gasteiger partial charge in [-0.3, -0.25) is 4.79 Å². The van der Waals surface area contributed by atoms with Gasteiger partial charge < -0.3 is 25.3 Å².